The fourth-order valence-electron chi connectivity index (χ4n) is 3.62. The maximum Gasteiger partial charge on any atom is 0.509 e. The molecule has 2 aromatic rings. The van der Waals surface area contributed by atoms with E-state index < -0.39 is 34.4 Å². The molecule has 8 heteroatoms. The molecule has 0 aliphatic carbocycles. The zero-order valence-electron chi connectivity index (χ0n) is 15.1. The first-order chi connectivity index (χ1) is 13.4. The van der Waals surface area contributed by atoms with Gasteiger partial charge in [0.1, 0.15) is 0 Å². The number of hydrogen-bond donors (Lipinski definition) is 0. The quantitative estimate of drug-likeness (QED) is 0.565. The van der Waals surface area contributed by atoms with E-state index >= 15 is 0 Å². The molecule has 0 bridgehead atoms. The van der Waals surface area contributed by atoms with E-state index in [-0.39, 0.29) is 23.6 Å². The third-order valence-electron chi connectivity index (χ3n) is 5.07. The Balaban J connectivity index is 1.66. The Morgan fingerprint density at radius 3 is 2.43 bits per heavy atom. The van der Waals surface area contributed by atoms with Gasteiger partial charge in [-0.2, -0.15) is 4.31 Å². The minimum atomic E-state index is -3.88. The van der Waals surface area contributed by atoms with E-state index in [0.717, 1.165) is 5.56 Å². The zero-order chi connectivity index (χ0) is 19.9. The molecule has 0 saturated carbocycles. The van der Waals surface area contributed by atoms with Crippen LogP contribution < -0.4 is 0 Å². The van der Waals surface area contributed by atoms with E-state index in [1.807, 2.05) is 6.92 Å². The molecule has 0 N–H and O–H groups in total. The van der Waals surface area contributed by atoms with Crippen LogP contribution in [0.15, 0.2) is 59.5 Å². The first kappa shape index (κ1) is 18.6. The monoisotopic (exact) mass is 401 g/mol. The van der Waals surface area contributed by atoms with Gasteiger partial charge in [0.15, 0.2) is 18.0 Å². The molecule has 0 amide bonds. The molecular weight excluding hydrogens is 382 g/mol. The fraction of sp³-hybridized carbons (Fsp3) is 0.300. The number of ketones is 1. The van der Waals surface area contributed by atoms with Crippen molar-refractivity contribution in [3.63, 3.8) is 0 Å². The summed E-state index contributed by atoms with van der Waals surface area (Å²) in [5.41, 5.74) is 1.41. The van der Waals surface area contributed by atoms with Gasteiger partial charge in [-0.05, 0) is 19.1 Å². The lowest BCUT2D eigenvalue weighted by atomic mass is 10.0. The summed E-state index contributed by atoms with van der Waals surface area (Å²) in [7, 11) is -3.88. The number of rotatable bonds is 5. The van der Waals surface area contributed by atoms with Gasteiger partial charge in [-0.25, -0.2) is 13.2 Å². The summed E-state index contributed by atoms with van der Waals surface area (Å²) in [6.07, 6.45) is -2.46. The van der Waals surface area contributed by atoms with Crippen LogP contribution in [-0.4, -0.2) is 49.5 Å². The highest BCUT2D eigenvalue weighted by Crippen LogP contribution is 2.35. The van der Waals surface area contributed by atoms with Gasteiger partial charge in [0.2, 0.25) is 10.0 Å². The summed E-state index contributed by atoms with van der Waals surface area (Å²) < 4.78 is 37.9. The summed E-state index contributed by atoms with van der Waals surface area (Å²) in [6, 6.07) is 14.3. The van der Waals surface area contributed by atoms with Crippen LogP contribution in [-0.2, 0) is 19.5 Å². The fourth-order valence-corrected chi connectivity index (χ4v) is 5.27. The number of Topliss-reactive ketones (excluding diaryl/α,β-unsaturated/α-hetero) is 1. The second-order valence-corrected chi connectivity index (χ2v) is 8.83. The number of hydrogen-bond acceptors (Lipinski definition) is 6. The van der Waals surface area contributed by atoms with E-state index in [2.05, 4.69) is 0 Å². The third-order valence-corrected chi connectivity index (χ3v) is 6.98. The lowest BCUT2D eigenvalue weighted by molar-refractivity contribution is 0.0813. The van der Waals surface area contributed by atoms with Crippen molar-refractivity contribution in [2.45, 2.75) is 36.5 Å². The van der Waals surface area contributed by atoms with Crippen LogP contribution in [0.5, 0.6) is 0 Å². The summed E-state index contributed by atoms with van der Waals surface area (Å²) >= 11 is 0. The number of fused-ring (bicyclic) bond motifs is 1. The minimum Gasteiger partial charge on any atom is -0.426 e. The number of nitrogens with zero attached hydrogens (tertiary/aromatic N) is 1. The Labute approximate surface area is 162 Å². The molecule has 2 saturated heterocycles. The maximum atomic E-state index is 13.2. The summed E-state index contributed by atoms with van der Waals surface area (Å²) in [5, 5.41) is 0. The lowest BCUT2D eigenvalue weighted by Crippen LogP contribution is -2.41. The van der Waals surface area contributed by atoms with E-state index in [1.165, 1.54) is 16.4 Å². The molecule has 7 nitrogen and oxygen atoms in total. The van der Waals surface area contributed by atoms with Gasteiger partial charge in [0.25, 0.3) is 0 Å². The molecule has 2 aliphatic heterocycles. The molecule has 2 heterocycles. The topological polar surface area (TPSA) is 90.0 Å². The molecule has 3 atom stereocenters. The standard InChI is InChI=1S/C20H19NO6S/c1-13-7-9-15(10-8-13)28(24,25)21-12-18-19(27-20(23)26-18)16(21)11-17(22)14-5-3-2-4-6-14/h2-10,16,18-19H,11-12H2,1H3/t16-,18+,19-/m0/s1. The summed E-state index contributed by atoms with van der Waals surface area (Å²) in [5.74, 6) is -0.224. The van der Waals surface area contributed by atoms with Gasteiger partial charge in [-0.1, -0.05) is 48.0 Å². The number of aryl methyl sites for hydroxylation is 1. The van der Waals surface area contributed by atoms with Crippen LogP contribution in [0.2, 0.25) is 0 Å². The highest BCUT2D eigenvalue weighted by molar-refractivity contribution is 7.89. The predicted molar refractivity (Wildman–Crippen MR) is 99.4 cm³/mol. The molecule has 0 unspecified atom stereocenters. The van der Waals surface area contributed by atoms with Crippen LogP contribution >= 0.6 is 0 Å². The van der Waals surface area contributed by atoms with Crippen molar-refractivity contribution in [3.05, 3.63) is 65.7 Å². The third kappa shape index (κ3) is 3.29. The first-order valence-electron chi connectivity index (χ1n) is 8.90. The van der Waals surface area contributed by atoms with Gasteiger partial charge in [-0.3, -0.25) is 4.79 Å². The molecule has 28 heavy (non-hydrogen) atoms. The van der Waals surface area contributed by atoms with Crippen LogP contribution in [0, 0.1) is 6.92 Å². The Bertz CT molecular complexity index is 1000. The van der Waals surface area contributed by atoms with Crippen LogP contribution in [0.4, 0.5) is 4.79 Å². The van der Waals surface area contributed by atoms with Gasteiger partial charge in [-0.15, -0.1) is 0 Å². The number of carbonyl (C=O) groups excluding carboxylic acids is 2. The number of ether oxygens (including phenoxy) is 2. The Kier molecular flexibility index (Phi) is 4.68. The molecule has 0 spiro atoms. The number of sulfonamides is 1. The van der Waals surface area contributed by atoms with Gasteiger partial charge < -0.3 is 9.47 Å². The largest absolute Gasteiger partial charge is 0.509 e. The van der Waals surface area contributed by atoms with Crippen molar-refractivity contribution in [2.75, 3.05) is 6.54 Å². The summed E-state index contributed by atoms with van der Waals surface area (Å²) in [6.45, 7) is 1.82. The van der Waals surface area contributed by atoms with Crippen LogP contribution in [0.25, 0.3) is 0 Å². The Morgan fingerprint density at radius 1 is 1.07 bits per heavy atom. The average molecular weight is 401 g/mol. The molecule has 2 aromatic carbocycles. The van der Waals surface area contributed by atoms with E-state index in [9.17, 15) is 18.0 Å². The highest BCUT2D eigenvalue weighted by atomic mass is 32.2. The molecule has 2 aliphatic rings. The van der Waals surface area contributed by atoms with E-state index in [4.69, 9.17) is 9.47 Å². The average Bonchev–Trinajstić information content (AvgIpc) is 3.20. The second-order valence-electron chi connectivity index (χ2n) is 6.94. The Hall–Kier alpha value is -2.71. The molecule has 0 radical (unpaired) electrons. The van der Waals surface area contributed by atoms with Crippen molar-refractivity contribution >= 4 is 22.0 Å². The van der Waals surface area contributed by atoms with E-state index in [0.29, 0.717) is 5.56 Å². The SMILES string of the molecule is Cc1ccc(S(=O)(=O)N2C[C@H]3OC(=O)O[C@H]3[C@@H]2CC(=O)c2ccccc2)cc1. The maximum absolute atomic E-state index is 13.2. The normalized spacial score (nSPS) is 24.5. The second kappa shape index (κ2) is 7.03. The van der Waals surface area contributed by atoms with Crippen molar-refractivity contribution in [1.82, 2.24) is 4.31 Å². The van der Waals surface area contributed by atoms with Crippen molar-refractivity contribution in [2.24, 2.45) is 0 Å². The van der Waals surface area contributed by atoms with Gasteiger partial charge >= 0.3 is 6.16 Å². The van der Waals surface area contributed by atoms with Gasteiger partial charge in [0.05, 0.1) is 17.5 Å². The van der Waals surface area contributed by atoms with Crippen molar-refractivity contribution in [1.29, 1.82) is 0 Å². The summed E-state index contributed by atoms with van der Waals surface area (Å²) in [4.78, 5) is 24.4. The molecule has 146 valence electrons. The minimum absolute atomic E-state index is 0.0423. The van der Waals surface area contributed by atoms with Crippen LogP contribution in [0.3, 0.4) is 0 Å². The predicted octanol–water partition coefficient (Wildman–Crippen LogP) is 2.54. The highest BCUT2D eigenvalue weighted by Gasteiger charge is 2.55. The lowest BCUT2D eigenvalue weighted by Gasteiger charge is -2.25. The molecular formula is C20H19NO6S. The van der Waals surface area contributed by atoms with Crippen molar-refractivity contribution < 1.29 is 27.5 Å². The number of carbonyl (C=O) groups is 2. The molecule has 4 rings (SSSR count). The first-order valence-corrected chi connectivity index (χ1v) is 10.3. The molecule has 2 fully saturated rings. The van der Waals surface area contributed by atoms with Gasteiger partial charge in [0, 0.05) is 12.0 Å². The number of benzene rings is 2. The van der Waals surface area contributed by atoms with E-state index in [1.54, 1.807) is 42.5 Å². The van der Waals surface area contributed by atoms with Crippen LogP contribution in [0.1, 0.15) is 22.3 Å². The molecule has 0 aromatic heterocycles. The Morgan fingerprint density at radius 2 is 1.75 bits per heavy atom. The zero-order valence-corrected chi connectivity index (χ0v) is 16.0. The van der Waals surface area contributed by atoms with Crippen molar-refractivity contribution in [3.8, 4) is 0 Å². The smallest absolute Gasteiger partial charge is 0.426 e.